The molecular formula is C17H20OSSi. The van der Waals surface area contributed by atoms with E-state index < -0.39 is 18.9 Å². The van der Waals surface area contributed by atoms with E-state index in [9.17, 15) is 4.21 Å². The van der Waals surface area contributed by atoms with E-state index in [4.69, 9.17) is 0 Å². The van der Waals surface area contributed by atoms with Crippen LogP contribution in [0.15, 0.2) is 70.1 Å². The molecule has 0 heterocycles. The molecule has 0 aliphatic carbocycles. The monoisotopic (exact) mass is 300 g/mol. The van der Waals surface area contributed by atoms with Crippen molar-refractivity contribution in [1.29, 1.82) is 0 Å². The molecule has 1 atom stereocenters. The molecule has 1 unspecified atom stereocenters. The van der Waals surface area contributed by atoms with Gasteiger partial charge in [0.2, 0.25) is 0 Å². The summed E-state index contributed by atoms with van der Waals surface area (Å²) in [4.78, 5) is 0.886. The smallest absolute Gasteiger partial charge is 0.0896 e. The maximum Gasteiger partial charge on any atom is 0.0896 e. The topological polar surface area (TPSA) is 17.1 Å². The summed E-state index contributed by atoms with van der Waals surface area (Å²) in [5.74, 6) is 0. The highest BCUT2D eigenvalue weighted by atomic mass is 32.2. The minimum Gasteiger partial charge on any atom is -0.250 e. The van der Waals surface area contributed by atoms with Crippen LogP contribution in [-0.4, -0.2) is 12.3 Å². The third kappa shape index (κ3) is 3.78. The van der Waals surface area contributed by atoms with Gasteiger partial charge in [-0.2, -0.15) is 0 Å². The van der Waals surface area contributed by atoms with Gasteiger partial charge in [-0.15, -0.1) is 0 Å². The molecule has 0 aromatic heterocycles. The van der Waals surface area contributed by atoms with Crippen molar-refractivity contribution in [3.8, 4) is 0 Å². The summed E-state index contributed by atoms with van der Waals surface area (Å²) in [5, 5.41) is 0. The number of hydrogen-bond donors (Lipinski definition) is 0. The molecule has 104 valence electrons. The molecule has 2 aromatic carbocycles. The van der Waals surface area contributed by atoms with Crippen LogP contribution in [0.5, 0.6) is 0 Å². The van der Waals surface area contributed by atoms with Crippen LogP contribution in [0.3, 0.4) is 0 Å². The Morgan fingerprint density at radius 2 is 1.40 bits per heavy atom. The molecule has 2 aromatic rings. The van der Waals surface area contributed by atoms with Crippen molar-refractivity contribution in [2.75, 3.05) is 0 Å². The van der Waals surface area contributed by atoms with Crippen LogP contribution in [0.4, 0.5) is 0 Å². The summed E-state index contributed by atoms with van der Waals surface area (Å²) in [6.45, 7) is 6.72. The van der Waals surface area contributed by atoms with Crippen molar-refractivity contribution < 1.29 is 4.21 Å². The Labute approximate surface area is 124 Å². The molecule has 0 aliphatic heterocycles. The van der Waals surface area contributed by atoms with Crippen molar-refractivity contribution in [1.82, 2.24) is 0 Å². The highest BCUT2D eigenvalue weighted by molar-refractivity contribution is 7.92. The van der Waals surface area contributed by atoms with E-state index in [-0.39, 0.29) is 0 Å². The van der Waals surface area contributed by atoms with Gasteiger partial charge in [0, 0.05) is 9.42 Å². The normalized spacial score (nSPS) is 14.1. The largest absolute Gasteiger partial charge is 0.250 e. The third-order valence-electron chi connectivity index (χ3n) is 2.99. The lowest BCUT2D eigenvalue weighted by molar-refractivity contribution is 0.688. The molecule has 2 rings (SSSR count). The number of hydrogen-bond acceptors (Lipinski definition) is 1. The van der Waals surface area contributed by atoms with Crippen molar-refractivity contribution in [2.45, 2.75) is 24.5 Å². The summed E-state index contributed by atoms with van der Waals surface area (Å²) in [5.41, 5.74) is 1.12. The summed E-state index contributed by atoms with van der Waals surface area (Å²) >= 11 is 0. The van der Waals surface area contributed by atoms with Gasteiger partial charge in [0.25, 0.3) is 0 Å². The SMILES string of the molecule is C[Si](C)(C)/C(=C\c1ccccc1)S(=O)c1ccccc1. The molecule has 0 fully saturated rings. The zero-order valence-electron chi connectivity index (χ0n) is 12.2. The standard InChI is InChI=1S/C17H20OSSi/c1-20(2,3)17(14-15-10-6-4-7-11-15)19(18)16-12-8-5-9-13-16/h4-14H,1-3H3/b17-14-. The van der Waals surface area contributed by atoms with Crippen LogP contribution in [0.1, 0.15) is 5.56 Å². The highest BCUT2D eigenvalue weighted by Crippen LogP contribution is 2.26. The average molecular weight is 300 g/mol. The molecule has 0 aliphatic rings. The lowest BCUT2D eigenvalue weighted by Crippen LogP contribution is -2.26. The molecule has 0 saturated heterocycles. The van der Waals surface area contributed by atoms with Gasteiger partial charge in [-0.05, 0) is 23.8 Å². The molecule has 20 heavy (non-hydrogen) atoms. The molecule has 0 bridgehead atoms. The van der Waals surface area contributed by atoms with Gasteiger partial charge in [-0.25, -0.2) is 4.21 Å². The van der Waals surface area contributed by atoms with Gasteiger partial charge in [-0.3, -0.25) is 0 Å². The second-order valence-corrected chi connectivity index (χ2v) is 12.6. The Morgan fingerprint density at radius 3 is 1.90 bits per heavy atom. The van der Waals surface area contributed by atoms with Crippen molar-refractivity contribution in [2.24, 2.45) is 0 Å². The second kappa shape index (κ2) is 6.33. The molecular weight excluding hydrogens is 280 g/mol. The van der Waals surface area contributed by atoms with E-state index in [1.165, 1.54) is 0 Å². The molecule has 1 nitrogen and oxygen atoms in total. The first kappa shape index (κ1) is 14.9. The zero-order valence-corrected chi connectivity index (χ0v) is 14.0. The maximum absolute atomic E-state index is 12.9. The molecule has 0 saturated carbocycles. The lowest BCUT2D eigenvalue weighted by Gasteiger charge is -2.20. The van der Waals surface area contributed by atoms with Crippen LogP contribution in [-0.2, 0) is 10.8 Å². The Bertz CT molecular complexity index is 612. The van der Waals surface area contributed by atoms with Gasteiger partial charge >= 0.3 is 0 Å². The fourth-order valence-corrected chi connectivity index (χ4v) is 6.00. The minimum atomic E-state index is -1.65. The fraction of sp³-hybridized carbons (Fsp3) is 0.176. The predicted molar refractivity (Wildman–Crippen MR) is 90.6 cm³/mol. The summed E-state index contributed by atoms with van der Waals surface area (Å²) in [6.07, 6.45) is 2.11. The maximum atomic E-state index is 12.9. The zero-order chi connectivity index (χ0) is 14.6. The lowest BCUT2D eigenvalue weighted by atomic mass is 10.2. The molecule has 0 spiro atoms. The Hall–Kier alpha value is -1.45. The van der Waals surface area contributed by atoms with Crippen LogP contribution in [0.2, 0.25) is 19.6 Å². The van der Waals surface area contributed by atoms with Gasteiger partial charge in [0.1, 0.15) is 0 Å². The van der Waals surface area contributed by atoms with Gasteiger partial charge < -0.3 is 0 Å². The number of rotatable bonds is 4. The Kier molecular flexibility index (Phi) is 4.73. The summed E-state index contributed by atoms with van der Waals surface area (Å²) in [7, 11) is -2.72. The third-order valence-corrected chi connectivity index (χ3v) is 8.23. The second-order valence-electron chi connectivity index (χ2n) is 5.75. The number of benzene rings is 2. The minimum absolute atomic E-state index is 0.886. The fourth-order valence-electron chi connectivity index (χ4n) is 1.92. The first-order chi connectivity index (χ1) is 9.48. The van der Waals surface area contributed by atoms with Gasteiger partial charge in [-0.1, -0.05) is 68.2 Å². The molecule has 0 N–H and O–H groups in total. The average Bonchev–Trinajstić information content (AvgIpc) is 2.45. The molecule has 0 amide bonds. The van der Waals surface area contributed by atoms with E-state index in [0.717, 1.165) is 15.0 Å². The van der Waals surface area contributed by atoms with E-state index >= 15 is 0 Å². The quantitative estimate of drug-likeness (QED) is 0.747. The van der Waals surface area contributed by atoms with E-state index in [1.807, 2.05) is 48.5 Å². The van der Waals surface area contributed by atoms with Crippen molar-refractivity contribution in [3.63, 3.8) is 0 Å². The Balaban J connectivity index is 2.45. The van der Waals surface area contributed by atoms with Crippen LogP contribution in [0.25, 0.3) is 6.08 Å². The van der Waals surface area contributed by atoms with Crippen LogP contribution in [0, 0.1) is 0 Å². The highest BCUT2D eigenvalue weighted by Gasteiger charge is 2.25. The molecule has 0 radical (unpaired) electrons. The van der Waals surface area contributed by atoms with Gasteiger partial charge in [0.05, 0.1) is 18.9 Å². The first-order valence-electron chi connectivity index (χ1n) is 6.72. The van der Waals surface area contributed by atoms with Crippen LogP contribution < -0.4 is 0 Å². The van der Waals surface area contributed by atoms with Crippen molar-refractivity contribution >= 4 is 24.9 Å². The summed E-state index contributed by atoms with van der Waals surface area (Å²) < 4.78 is 14.0. The van der Waals surface area contributed by atoms with Crippen molar-refractivity contribution in [3.05, 3.63) is 70.8 Å². The predicted octanol–water partition coefficient (Wildman–Crippen LogP) is 4.71. The van der Waals surface area contributed by atoms with E-state index in [1.54, 1.807) is 0 Å². The van der Waals surface area contributed by atoms with Gasteiger partial charge in [0.15, 0.2) is 0 Å². The molecule has 3 heteroatoms. The summed E-state index contributed by atoms with van der Waals surface area (Å²) in [6, 6.07) is 19.9. The van der Waals surface area contributed by atoms with E-state index in [0.29, 0.717) is 0 Å². The Morgan fingerprint density at radius 1 is 0.900 bits per heavy atom. The first-order valence-corrected chi connectivity index (χ1v) is 11.4. The van der Waals surface area contributed by atoms with Crippen LogP contribution >= 0.6 is 0 Å². The van der Waals surface area contributed by atoms with E-state index in [2.05, 4.69) is 37.8 Å².